The van der Waals surface area contributed by atoms with Crippen molar-refractivity contribution in [2.24, 2.45) is 0 Å². The smallest absolute Gasteiger partial charge is 0.462 e. The average molecular weight is 1270 g/mol. The zero-order valence-electron chi connectivity index (χ0n) is 58.6. The highest BCUT2D eigenvalue weighted by molar-refractivity contribution is 7.47. The topological polar surface area (TPSA) is 108 Å². The first kappa shape index (κ1) is 85.9. The van der Waals surface area contributed by atoms with Crippen LogP contribution in [-0.4, -0.2) is 74.9 Å². The van der Waals surface area contributed by atoms with Gasteiger partial charge in [-0.1, -0.05) is 314 Å². The van der Waals surface area contributed by atoms with Crippen LogP contribution < -0.4 is 0 Å². The lowest BCUT2D eigenvalue weighted by Gasteiger charge is -2.24. The number of unbranched alkanes of at least 4 members (excludes halogenated alkanes) is 28. The molecule has 0 amide bonds. The number of carbonyl (C=O) groups is 2. The van der Waals surface area contributed by atoms with E-state index in [0.29, 0.717) is 17.4 Å². The fourth-order valence-electron chi connectivity index (χ4n) is 9.85. The fraction of sp³-hybridized carbons (Fsp3) is 0.675. The number of phosphoric acid groups is 1. The largest absolute Gasteiger partial charge is 0.472 e. The lowest BCUT2D eigenvalue weighted by Crippen LogP contribution is -2.37. The molecule has 0 saturated carbocycles. The van der Waals surface area contributed by atoms with Crippen LogP contribution in [0.4, 0.5) is 0 Å². The molecule has 0 aliphatic heterocycles. The standard InChI is InChI=1S/C80H136NO8P/c1-6-8-10-12-14-16-18-20-22-24-26-28-30-32-34-35-36-37-38-39-40-41-42-43-44-45-47-48-50-52-54-56-58-60-62-64-66-68-70-72-79(82)86-76-78(77-88-90(84,85)87-75-74-81(3,4)5)89-80(83)73-71-69-67-65-63-61-59-57-55-53-51-49-46-33-31-29-27-25-23-21-19-17-15-13-11-9-7-2/h8-11,14-17,20-23,26-29,32-34,46,51,53,57,59,78H,6-7,12-13,18-19,24-25,30-31,35-45,47-50,52,54-56,58,60-77H2,1-5H3/p+1/b10-8-,11-9-,16-14-,17-15-,22-20-,23-21-,28-26-,29-27-,34-32-,46-33-,53-51-,59-57-. The molecule has 0 bridgehead atoms. The predicted molar refractivity (Wildman–Crippen MR) is 390 cm³/mol. The molecule has 1 N–H and O–H groups in total. The van der Waals surface area contributed by atoms with Crippen molar-refractivity contribution in [1.82, 2.24) is 0 Å². The Labute approximate surface area is 554 Å². The molecule has 0 aliphatic rings. The molecular formula is C80H137NO8P+. The number of allylic oxidation sites excluding steroid dienone is 24. The van der Waals surface area contributed by atoms with Gasteiger partial charge in [-0.3, -0.25) is 18.6 Å². The molecule has 2 atom stereocenters. The van der Waals surface area contributed by atoms with Gasteiger partial charge in [-0.05, 0) is 116 Å². The normalized spacial score (nSPS) is 14.0. The van der Waals surface area contributed by atoms with Gasteiger partial charge < -0.3 is 18.9 Å². The molecule has 0 aromatic heterocycles. The van der Waals surface area contributed by atoms with Gasteiger partial charge in [-0.2, -0.15) is 0 Å². The van der Waals surface area contributed by atoms with E-state index in [2.05, 4.69) is 160 Å². The molecule has 514 valence electrons. The van der Waals surface area contributed by atoms with E-state index >= 15 is 0 Å². The van der Waals surface area contributed by atoms with E-state index in [0.717, 1.165) is 128 Å². The maximum Gasteiger partial charge on any atom is 0.472 e. The van der Waals surface area contributed by atoms with Crippen LogP contribution in [0.25, 0.3) is 0 Å². The molecule has 0 heterocycles. The minimum atomic E-state index is -4.41. The maximum absolute atomic E-state index is 12.9. The third-order valence-corrected chi connectivity index (χ3v) is 16.3. The Morgan fingerprint density at radius 1 is 0.344 bits per heavy atom. The molecule has 2 unspecified atom stereocenters. The van der Waals surface area contributed by atoms with E-state index < -0.39 is 26.5 Å². The van der Waals surface area contributed by atoms with Crippen molar-refractivity contribution < 1.29 is 42.1 Å². The van der Waals surface area contributed by atoms with Crippen molar-refractivity contribution in [3.63, 3.8) is 0 Å². The van der Waals surface area contributed by atoms with Crippen LogP contribution in [0, 0.1) is 0 Å². The van der Waals surface area contributed by atoms with Crippen molar-refractivity contribution in [2.45, 2.75) is 302 Å². The molecule has 90 heavy (non-hydrogen) atoms. The quantitative estimate of drug-likeness (QED) is 0.0211. The van der Waals surface area contributed by atoms with E-state index in [9.17, 15) is 19.0 Å². The molecule has 0 saturated heterocycles. The van der Waals surface area contributed by atoms with E-state index in [-0.39, 0.29) is 32.0 Å². The van der Waals surface area contributed by atoms with Gasteiger partial charge >= 0.3 is 19.8 Å². The Bertz CT molecular complexity index is 2030. The first-order valence-corrected chi connectivity index (χ1v) is 38.1. The first-order chi connectivity index (χ1) is 44.0. The van der Waals surface area contributed by atoms with Crippen LogP contribution in [0.15, 0.2) is 146 Å². The van der Waals surface area contributed by atoms with Crippen LogP contribution in [-0.2, 0) is 32.7 Å². The highest BCUT2D eigenvalue weighted by atomic mass is 31.2. The summed E-state index contributed by atoms with van der Waals surface area (Å²) in [5.41, 5.74) is 0. The van der Waals surface area contributed by atoms with E-state index in [1.165, 1.54) is 135 Å². The lowest BCUT2D eigenvalue weighted by atomic mass is 10.0. The van der Waals surface area contributed by atoms with E-state index in [4.69, 9.17) is 18.5 Å². The molecule has 10 heteroatoms. The highest BCUT2D eigenvalue weighted by Crippen LogP contribution is 2.43. The Balaban J connectivity index is 4.02. The van der Waals surface area contributed by atoms with Crippen molar-refractivity contribution >= 4 is 19.8 Å². The summed E-state index contributed by atoms with van der Waals surface area (Å²) in [4.78, 5) is 35.9. The van der Waals surface area contributed by atoms with Gasteiger partial charge in [0.1, 0.15) is 19.8 Å². The number of likely N-dealkylation sites (N-methyl/N-ethyl adjacent to an activating group) is 1. The summed E-state index contributed by atoms with van der Waals surface area (Å²) in [5, 5.41) is 0. The molecule has 0 fully saturated rings. The number of phosphoric ester groups is 1. The third-order valence-electron chi connectivity index (χ3n) is 15.4. The van der Waals surface area contributed by atoms with Gasteiger partial charge in [0.2, 0.25) is 0 Å². The van der Waals surface area contributed by atoms with Crippen molar-refractivity contribution in [3.8, 4) is 0 Å². The Kier molecular flexibility index (Phi) is 66.1. The van der Waals surface area contributed by atoms with Gasteiger partial charge in [0, 0.05) is 12.8 Å². The van der Waals surface area contributed by atoms with Crippen LogP contribution >= 0.6 is 7.82 Å². The molecule has 0 aliphatic carbocycles. The van der Waals surface area contributed by atoms with E-state index in [1.807, 2.05) is 21.1 Å². The van der Waals surface area contributed by atoms with Crippen LogP contribution in [0.3, 0.4) is 0 Å². The monoisotopic (exact) mass is 1270 g/mol. The SMILES string of the molecule is CC/C=C\C/C=C\C/C=C\C/C=C\C/C=C\C/C=C\C/C=C\CCCCCCCC(=O)OC(COC(=O)CCCCCCCCCCCCCCCCCCCCCCCCC/C=C\C/C=C\C/C=C\C/C=C\C/C=C\CC)COP(=O)(O)OCC[N+](C)(C)C. The van der Waals surface area contributed by atoms with Crippen LogP contribution in [0.2, 0.25) is 0 Å². The number of hydrogen-bond donors (Lipinski definition) is 1. The Morgan fingerprint density at radius 3 is 0.889 bits per heavy atom. The van der Waals surface area contributed by atoms with Gasteiger partial charge in [0.25, 0.3) is 0 Å². The third kappa shape index (κ3) is 72.9. The number of quaternary nitrogens is 1. The second-order valence-electron chi connectivity index (χ2n) is 25.2. The minimum absolute atomic E-state index is 0.0219. The molecule has 0 spiro atoms. The fourth-order valence-corrected chi connectivity index (χ4v) is 10.6. The summed E-state index contributed by atoms with van der Waals surface area (Å²) in [5.74, 6) is -0.818. The number of carbonyl (C=O) groups excluding carboxylic acids is 2. The predicted octanol–water partition coefficient (Wildman–Crippen LogP) is 24.2. The Morgan fingerprint density at radius 2 is 0.600 bits per heavy atom. The Hall–Kier alpha value is -4.11. The van der Waals surface area contributed by atoms with E-state index in [1.54, 1.807) is 0 Å². The molecule has 0 radical (unpaired) electrons. The zero-order valence-corrected chi connectivity index (χ0v) is 59.5. The minimum Gasteiger partial charge on any atom is -0.462 e. The van der Waals surface area contributed by atoms with Crippen LogP contribution in [0.5, 0.6) is 0 Å². The first-order valence-electron chi connectivity index (χ1n) is 36.6. The summed E-state index contributed by atoms with van der Waals surface area (Å²) in [7, 11) is 1.45. The molecular weight excluding hydrogens is 1130 g/mol. The zero-order chi connectivity index (χ0) is 65.5. The summed E-state index contributed by atoms with van der Waals surface area (Å²) < 4.78 is 34.7. The molecule has 0 rings (SSSR count). The van der Waals surface area contributed by atoms with Gasteiger partial charge in [-0.15, -0.1) is 0 Å². The highest BCUT2D eigenvalue weighted by Gasteiger charge is 2.27. The number of hydrogen-bond acceptors (Lipinski definition) is 7. The summed E-state index contributed by atoms with van der Waals surface area (Å²) in [6, 6.07) is 0. The average Bonchev–Trinajstić information content (AvgIpc) is 3.61. The molecule has 0 aromatic rings. The second-order valence-corrected chi connectivity index (χ2v) is 26.7. The maximum atomic E-state index is 12.9. The molecule has 0 aromatic carbocycles. The van der Waals surface area contributed by atoms with Crippen LogP contribution in [0.1, 0.15) is 296 Å². The summed E-state index contributed by atoms with van der Waals surface area (Å²) >= 11 is 0. The number of ether oxygens (including phenoxy) is 2. The van der Waals surface area contributed by atoms with Crippen molar-refractivity contribution in [2.75, 3.05) is 47.5 Å². The van der Waals surface area contributed by atoms with Gasteiger partial charge in [0.15, 0.2) is 6.10 Å². The molecule has 9 nitrogen and oxygen atoms in total. The lowest BCUT2D eigenvalue weighted by molar-refractivity contribution is -0.870. The number of rotatable bonds is 66. The second kappa shape index (κ2) is 69.2. The number of nitrogens with zero attached hydrogens (tertiary/aromatic N) is 1. The summed E-state index contributed by atoms with van der Waals surface area (Å²) in [6.07, 6.45) is 103. The number of esters is 2. The van der Waals surface area contributed by atoms with Gasteiger partial charge in [0.05, 0.1) is 27.7 Å². The van der Waals surface area contributed by atoms with Crippen molar-refractivity contribution in [3.05, 3.63) is 146 Å². The summed E-state index contributed by atoms with van der Waals surface area (Å²) in [6.45, 7) is 4.19. The van der Waals surface area contributed by atoms with Gasteiger partial charge in [-0.25, -0.2) is 4.57 Å². The van der Waals surface area contributed by atoms with Crippen molar-refractivity contribution in [1.29, 1.82) is 0 Å².